The number of aliphatic carboxylic acids is 2. The molecule has 31 nitrogen and oxygen atoms in total. The van der Waals surface area contributed by atoms with E-state index in [9.17, 15) is 80.6 Å². The zero-order valence-corrected chi connectivity index (χ0v) is 78.5. The number of para-hydroxylation sites is 2. The molecule has 706 valence electrons. The van der Waals surface area contributed by atoms with E-state index in [-0.39, 0.29) is 108 Å². The highest BCUT2D eigenvalue weighted by atomic mass is 32.2. The summed E-state index contributed by atoms with van der Waals surface area (Å²) in [6.07, 6.45) is 11.6. The summed E-state index contributed by atoms with van der Waals surface area (Å²) in [7, 11) is -13.2. The number of aliphatic hydroxyl groups excluding tert-OH is 4. The fourth-order valence-electron chi connectivity index (χ4n) is 19.5. The molecule has 2 fully saturated rings. The van der Waals surface area contributed by atoms with E-state index in [0.29, 0.717) is 73.2 Å². The van der Waals surface area contributed by atoms with Crippen molar-refractivity contribution in [3.63, 3.8) is 0 Å². The average Bonchev–Trinajstić information content (AvgIpc) is 0.996. The Morgan fingerprint density at radius 2 is 1.20 bits per heavy atom. The van der Waals surface area contributed by atoms with Crippen molar-refractivity contribution in [1.82, 2.24) is 9.21 Å². The minimum atomic E-state index is -4.58. The number of carbonyl (C=O) groups is 5. The van der Waals surface area contributed by atoms with Gasteiger partial charge in [-0.1, -0.05) is 86.7 Å². The van der Waals surface area contributed by atoms with E-state index >= 15 is 8.42 Å². The summed E-state index contributed by atoms with van der Waals surface area (Å²) in [5.74, 6) is -8.60. The number of carboxylic acids is 2. The first-order valence-corrected chi connectivity index (χ1v) is 49.6. The zero-order chi connectivity index (χ0) is 96.3. The van der Waals surface area contributed by atoms with Crippen molar-refractivity contribution >= 4 is 145 Å². The molecule has 9 aromatic rings. The number of unbranched alkanes of at least 4 members (excludes halogenated alkanes) is 2. The number of sulfonamides is 1. The Balaban J connectivity index is 0.548. The Bertz CT molecular complexity index is 6730. The molecule has 7 heterocycles. The lowest BCUT2D eigenvalue weighted by Gasteiger charge is -2.31. The number of rotatable bonds is 34. The third kappa shape index (κ3) is 20.5. The van der Waals surface area contributed by atoms with Gasteiger partial charge in [0.25, 0.3) is 20.2 Å². The number of amides is 1. The van der Waals surface area contributed by atoms with Crippen molar-refractivity contribution < 1.29 is 103 Å². The Kier molecular flexibility index (Phi) is 28.4. The topological polar surface area (TPSA) is 439 Å². The Labute approximate surface area is 783 Å². The number of hydrogen-bond donors (Lipinski definition) is 8. The molecular weight excluding hydrogens is 1790 g/mol. The van der Waals surface area contributed by atoms with Crippen molar-refractivity contribution in [3.05, 3.63) is 238 Å². The van der Waals surface area contributed by atoms with Crippen LogP contribution in [0.15, 0.2) is 233 Å². The summed E-state index contributed by atoms with van der Waals surface area (Å²) >= 11 is 0. The second kappa shape index (κ2) is 39.8. The van der Waals surface area contributed by atoms with Crippen LogP contribution >= 0.6 is 0 Å². The number of nitrogens with zero attached hydrogens (tertiary/aromatic N) is 10. The lowest BCUT2D eigenvalue weighted by Crippen LogP contribution is -2.46. The Morgan fingerprint density at radius 3 is 1.82 bits per heavy atom. The minimum absolute atomic E-state index is 0.0207. The van der Waals surface area contributed by atoms with E-state index in [2.05, 4.69) is 83.2 Å². The first-order valence-electron chi connectivity index (χ1n) is 45.3. The van der Waals surface area contributed by atoms with Gasteiger partial charge < -0.3 is 55.0 Å². The summed E-state index contributed by atoms with van der Waals surface area (Å²) in [5, 5.41) is 66.7. The predicted molar refractivity (Wildman–Crippen MR) is 517 cm³/mol. The maximum Gasteiger partial charge on any atom is 0.363 e. The van der Waals surface area contributed by atoms with Crippen LogP contribution in [0, 0.1) is 19.8 Å². The molecule has 0 spiro atoms. The van der Waals surface area contributed by atoms with E-state index in [1.807, 2.05) is 118 Å². The maximum atomic E-state index is 15.1. The maximum absolute atomic E-state index is 15.1. The van der Waals surface area contributed by atoms with Gasteiger partial charge in [0.2, 0.25) is 33.4 Å². The molecule has 8 N–H and O–H groups in total. The number of likely N-dealkylation sites (tertiary alicyclic amines) is 1. The molecule has 2 saturated heterocycles. The van der Waals surface area contributed by atoms with Crippen LogP contribution in [0.2, 0.25) is 0 Å². The van der Waals surface area contributed by atoms with Gasteiger partial charge in [-0.05, 0) is 218 Å². The molecule has 1 amide bonds. The molecule has 6 aliphatic rings. The number of likely N-dealkylation sites (N-methyl/N-ethyl adjacent to an activating group) is 1. The molecule has 8 aromatic carbocycles. The van der Waals surface area contributed by atoms with Gasteiger partial charge in [0, 0.05) is 140 Å². The van der Waals surface area contributed by atoms with E-state index in [1.54, 1.807) is 24.3 Å². The predicted octanol–water partition coefficient (Wildman–Crippen LogP) is 16.9. The third-order valence-electron chi connectivity index (χ3n) is 26.4. The summed E-state index contributed by atoms with van der Waals surface area (Å²) in [6, 6.07) is 43.0. The number of fused-ring (bicyclic) bond motifs is 6. The second-order valence-electron chi connectivity index (χ2n) is 35.8. The van der Waals surface area contributed by atoms with Gasteiger partial charge >= 0.3 is 35.0 Å². The first kappa shape index (κ1) is 96.5. The van der Waals surface area contributed by atoms with Gasteiger partial charge in [0.15, 0.2) is 23.5 Å². The second-order valence-corrected chi connectivity index (χ2v) is 40.5. The van der Waals surface area contributed by atoms with E-state index in [1.165, 1.54) is 65.7 Å². The van der Waals surface area contributed by atoms with Gasteiger partial charge in [-0.25, -0.2) is 32.4 Å². The summed E-state index contributed by atoms with van der Waals surface area (Å²) < 4.78 is 115. The normalized spacial score (nSPS) is 18.0. The lowest BCUT2D eigenvalue weighted by molar-refractivity contribution is -0.438. The number of hydrogen-bond acceptors (Lipinski definition) is 19. The standard InChI is InChI=1S/C101H108N10O21S3/c1-8-107-81-40-35-70(134(125,126)127)59-75(81)100(4,5)87(107)30-11-9-12-31-88-101(6,7)76-60-71(135(128,129)130)36-41-82(76)110(88)49-20-10-13-32-89(112)104-77(39-42-90(113)114)97(120)111-50-21-28-83(111)96(119)105-78(61-91(115)116)98(121)132-99(122)92-62(2)55-67(56-63(92)3)95(118)103-48-22-47-102-94(117)66-43-51-106(52-44-66)133(123,124)86-29-19-16-25-74(86)93-72-37-33-68(108-53-45-64-23-14-17-26-79(64)108)57-84(72)131-85-58-69(34-38-73(85)93)109-54-46-65-24-15-18-27-80(65)109/h9,11-12,14-19,23-27,29-31,33-38,40-41,55-60,66,77-78,83H,8,10,13,20-22,28,32,39,42-54,61H2,1-7H3,(H6-2,102,103,104,105,112,113,114,115,116,117,118,119,125,126,127,128,129,130)/p+2/t77-,78-,83-/m0/s1. The van der Waals surface area contributed by atoms with Gasteiger partial charge in [-0.3, -0.25) is 33.5 Å². The van der Waals surface area contributed by atoms with Gasteiger partial charge in [-0.15, -0.1) is 0 Å². The van der Waals surface area contributed by atoms with Crippen LogP contribution in [0.1, 0.15) is 161 Å². The van der Waals surface area contributed by atoms with Crippen molar-refractivity contribution in [2.24, 2.45) is 25.9 Å². The smallest absolute Gasteiger partial charge is 0.363 e. The fraction of sp³-hybridized carbons (Fsp3) is 0.356. The van der Waals surface area contributed by atoms with Crippen molar-refractivity contribution in [3.8, 4) is 11.1 Å². The number of aliphatic imine (C=N–C) groups is 4. The van der Waals surface area contributed by atoms with E-state index in [4.69, 9.17) is 9.15 Å². The molecule has 0 unspecified atom stereocenters. The number of piperidine rings is 1. The van der Waals surface area contributed by atoms with Crippen molar-refractivity contribution in [2.75, 3.05) is 73.6 Å². The Morgan fingerprint density at radius 1 is 0.593 bits per heavy atom. The lowest BCUT2D eigenvalue weighted by atomic mass is 9.81. The number of anilines is 5. The minimum Gasteiger partial charge on any atom is -0.497 e. The molecule has 1 aromatic heterocycles. The van der Waals surface area contributed by atoms with Gasteiger partial charge in [-0.2, -0.15) is 25.7 Å². The molecule has 0 aliphatic carbocycles. The van der Waals surface area contributed by atoms with Crippen LogP contribution in [-0.4, -0.2) is 215 Å². The fourth-order valence-corrected chi connectivity index (χ4v) is 22.2. The number of esters is 2. The van der Waals surface area contributed by atoms with Crippen molar-refractivity contribution in [1.29, 1.82) is 0 Å². The SMILES string of the molecule is CCN1C(=CC=CC=CC2=[N+](CCCCCC(O)=N[C@@H](CCC(=O)O)C(=O)N3CCC[C@H]3C(O)=N[C@@H](CC(=O)O)C(=O)OC(=O)c3c(C)cc(C(O)=NCCCN=C(O)C4CCN(S(=O)(=O)c5ccccc5-c5c6ccc(N7CCc8ccccc87)cc6[o+]c6cc(N7CCc8ccccc87)ccc56)CC4)cc3C)c3ccc(S(=O)(=O)O)cc3C2(C)C)C(C)(C)c2cc(S(=O)(=O)O)ccc21. The number of carbonyl (C=O) groups excluding carboxylic acids is 3. The van der Waals surface area contributed by atoms with Crippen LogP contribution in [0.4, 0.5) is 34.1 Å². The average molecular weight is 1900 g/mol. The van der Waals surface area contributed by atoms with Crippen LogP contribution in [0.25, 0.3) is 33.1 Å². The molecule has 15 rings (SSSR count). The monoisotopic (exact) mass is 1890 g/mol. The highest BCUT2D eigenvalue weighted by molar-refractivity contribution is 7.89. The molecule has 0 bridgehead atoms. The van der Waals surface area contributed by atoms with Gasteiger partial charge in [0.1, 0.15) is 18.6 Å². The largest absolute Gasteiger partial charge is 0.497 e. The quantitative estimate of drug-likeness (QED) is 0.00177. The zero-order valence-electron chi connectivity index (χ0n) is 76.1. The highest BCUT2D eigenvalue weighted by Gasteiger charge is 2.47. The molecular formula is C101H110N10O21S3+2. The molecule has 0 saturated carbocycles. The number of carboxylic acid groups (broad SMARTS) is 2. The van der Waals surface area contributed by atoms with Crippen LogP contribution in [-0.2, 0) is 77.8 Å². The van der Waals surface area contributed by atoms with Gasteiger partial charge in [0.05, 0.1) is 66.4 Å². The first-order chi connectivity index (χ1) is 64.3. The molecule has 0 radical (unpaired) electrons. The molecule has 135 heavy (non-hydrogen) atoms. The molecule has 6 aliphatic heterocycles. The third-order valence-corrected chi connectivity index (χ3v) is 30.0. The summed E-state index contributed by atoms with van der Waals surface area (Å²) in [4.78, 5) is 90.9. The molecule has 3 atom stereocenters. The van der Waals surface area contributed by atoms with Crippen LogP contribution < -0.4 is 14.7 Å². The number of allylic oxidation sites excluding steroid dienone is 6. The molecule has 34 heteroatoms. The summed E-state index contributed by atoms with van der Waals surface area (Å²) in [6.45, 7) is 15.7. The number of ether oxygens (including phenoxy) is 1. The number of aliphatic hydroxyl groups is 4. The van der Waals surface area contributed by atoms with Crippen LogP contribution in [0.5, 0.6) is 0 Å². The van der Waals surface area contributed by atoms with E-state index in [0.717, 1.165) is 92.6 Å². The highest BCUT2D eigenvalue weighted by Crippen LogP contribution is 2.50. The van der Waals surface area contributed by atoms with Crippen LogP contribution in [0.3, 0.4) is 0 Å². The number of aryl methyl sites for hydroxylation is 2. The summed E-state index contributed by atoms with van der Waals surface area (Å²) in [5.41, 5.74) is 12.8. The van der Waals surface area contributed by atoms with Crippen molar-refractivity contribution in [2.45, 2.75) is 182 Å². The van der Waals surface area contributed by atoms with E-state index < -0.39 is 125 Å². The Hall–Kier alpha value is -13.1. The number of benzene rings is 8.